The van der Waals surface area contributed by atoms with Crippen LogP contribution in [0.5, 0.6) is 5.75 Å². The highest BCUT2D eigenvalue weighted by Crippen LogP contribution is 2.26. The van der Waals surface area contributed by atoms with E-state index in [0.717, 1.165) is 37.4 Å². The molecule has 0 atom stereocenters. The summed E-state index contributed by atoms with van der Waals surface area (Å²) >= 11 is 0. The van der Waals surface area contributed by atoms with Crippen molar-refractivity contribution in [3.05, 3.63) is 96.3 Å². The zero-order valence-corrected chi connectivity index (χ0v) is 20.2. The number of carbonyl (C=O) groups excluding carboxylic acids is 1. The number of para-hydroxylation sites is 1. The average Bonchev–Trinajstić information content (AvgIpc) is 2.92. The molecule has 188 valence electrons. The number of hydrogen-bond acceptors (Lipinski definition) is 6. The van der Waals surface area contributed by atoms with E-state index >= 15 is 0 Å². The Bertz CT molecular complexity index is 1390. The lowest BCUT2D eigenvalue weighted by atomic mass is 10.1. The highest BCUT2D eigenvalue weighted by molar-refractivity contribution is 6.05. The lowest BCUT2D eigenvalue weighted by Gasteiger charge is -2.33. The Hall–Kier alpha value is -4.59. The lowest BCUT2D eigenvalue weighted by molar-refractivity contribution is 0.102. The first-order valence-electron chi connectivity index (χ1n) is 12.2. The summed E-state index contributed by atoms with van der Waals surface area (Å²) in [4.78, 5) is 19.4. The van der Waals surface area contributed by atoms with E-state index in [-0.39, 0.29) is 17.5 Å². The van der Waals surface area contributed by atoms with Gasteiger partial charge in [-0.15, -0.1) is 0 Å². The van der Waals surface area contributed by atoms with Gasteiger partial charge in [0.2, 0.25) is 0 Å². The fourth-order valence-corrected chi connectivity index (χ4v) is 4.38. The van der Waals surface area contributed by atoms with E-state index in [2.05, 4.69) is 15.2 Å². The molecule has 1 aliphatic rings. The summed E-state index contributed by atoms with van der Waals surface area (Å²) in [5, 5.41) is 2.78. The maximum atomic E-state index is 14.5. The van der Waals surface area contributed by atoms with Crippen molar-refractivity contribution in [2.45, 2.75) is 18.9 Å². The van der Waals surface area contributed by atoms with Crippen LogP contribution in [0.2, 0.25) is 0 Å². The third kappa shape index (κ3) is 5.64. The molecule has 1 saturated heterocycles. The summed E-state index contributed by atoms with van der Waals surface area (Å²) in [6.45, 7) is 1.76. The number of hydrogen-bond donors (Lipinski definition) is 3. The summed E-state index contributed by atoms with van der Waals surface area (Å²) < 4.78 is 20.6. The van der Waals surface area contributed by atoms with E-state index in [4.69, 9.17) is 16.2 Å². The molecule has 1 fully saturated rings. The largest absolute Gasteiger partial charge is 0.490 e. The monoisotopic (exact) mass is 497 g/mol. The number of nitrogen functional groups attached to an aromatic ring is 2. The summed E-state index contributed by atoms with van der Waals surface area (Å²) in [7, 11) is 0. The molecule has 2 heterocycles. The molecule has 0 radical (unpaired) electrons. The molecule has 8 heteroatoms. The van der Waals surface area contributed by atoms with Crippen molar-refractivity contribution in [1.29, 1.82) is 0 Å². The predicted molar refractivity (Wildman–Crippen MR) is 145 cm³/mol. The van der Waals surface area contributed by atoms with Gasteiger partial charge < -0.3 is 26.4 Å². The first-order chi connectivity index (χ1) is 18.0. The van der Waals surface area contributed by atoms with Crippen LogP contribution in [0.15, 0.2) is 84.9 Å². The van der Waals surface area contributed by atoms with Crippen LogP contribution in [-0.2, 0) is 0 Å². The summed E-state index contributed by atoms with van der Waals surface area (Å²) in [5.41, 5.74) is 14.5. The Morgan fingerprint density at radius 3 is 2.38 bits per heavy atom. The van der Waals surface area contributed by atoms with Crippen molar-refractivity contribution in [2.75, 3.05) is 34.8 Å². The number of amides is 1. The number of nitrogens with zero attached hydrogens (tertiary/aromatic N) is 2. The van der Waals surface area contributed by atoms with E-state index in [9.17, 15) is 9.18 Å². The van der Waals surface area contributed by atoms with Crippen LogP contribution in [0.3, 0.4) is 0 Å². The molecule has 4 aromatic rings. The van der Waals surface area contributed by atoms with Crippen molar-refractivity contribution in [2.24, 2.45) is 0 Å². The van der Waals surface area contributed by atoms with Crippen LogP contribution in [0.25, 0.3) is 11.3 Å². The van der Waals surface area contributed by atoms with Gasteiger partial charge in [0.25, 0.3) is 5.91 Å². The second-order valence-corrected chi connectivity index (χ2v) is 8.98. The second-order valence-electron chi connectivity index (χ2n) is 8.98. The van der Waals surface area contributed by atoms with Gasteiger partial charge >= 0.3 is 0 Å². The Morgan fingerprint density at radius 2 is 1.68 bits per heavy atom. The van der Waals surface area contributed by atoms with Crippen molar-refractivity contribution in [3.63, 3.8) is 0 Å². The molecular formula is C29H28FN5O2. The number of benzene rings is 3. The standard InChI is InChI=1S/C29H28FN5O2/c30-25-11-6-19(27-13-12-26(31)28(32)34-27)18-24(25)29(36)33-20-7-9-21(10-8-20)35-16-14-23(15-17-35)37-22-4-2-1-3-5-22/h1-13,18,23H,14-17,31H2,(H2,32,34)(H,33,36). The first kappa shape index (κ1) is 24.1. The fraction of sp³-hybridized carbons (Fsp3) is 0.172. The minimum atomic E-state index is -0.623. The number of halogens is 1. The third-order valence-corrected chi connectivity index (χ3v) is 6.44. The summed E-state index contributed by atoms with van der Waals surface area (Å²) in [6.07, 6.45) is 2.05. The molecule has 0 bridgehead atoms. The van der Waals surface area contributed by atoms with Crippen molar-refractivity contribution in [3.8, 4) is 17.0 Å². The van der Waals surface area contributed by atoms with Crippen LogP contribution in [-0.4, -0.2) is 30.1 Å². The van der Waals surface area contributed by atoms with Gasteiger partial charge in [-0.2, -0.15) is 0 Å². The zero-order valence-electron chi connectivity index (χ0n) is 20.2. The number of carbonyl (C=O) groups is 1. The zero-order chi connectivity index (χ0) is 25.8. The van der Waals surface area contributed by atoms with Crippen LogP contribution in [0, 0.1) is 5.82 Å². The molecule has 3 aromatic carbocycles. The van der Waals surface area contributed by atoms with E-state index < -0.39 is 11.7 Å². The Kier molecular flexibility index (Phi) is 6.89. The molecule has 0 unspecified atom stereocenters. The van der Waals surface area contributed by atoms with Gasteiger partial charge in [0, 0.05) is 42.9 Å². The SMILES string of the molecule is Nc1ccc(-c2ccc(F)c(C(=O)Nc3ccc(N4CCC(Oc5ccccc5)CC4)cc3)c2)nc1N. The molecule has 0 saturated carbocycles. The minimum absolute atomic E-state index is 0.0840. The van der Waals surface area contributed by atoms with Gasteiger partial charge in [-0.25, -0.2) is 9.37 Å². The maximum absolute atomic E-state index is 14.5. The maximum Gasteiger partial charge on any atom is 0.258 e. The smallest absolute Gasteiger partial charge is 0.258 e. The van der Waals surface area contributed by atoms with Crippen LogP contribution in [0.4, 0.5) is 27.3 Å². The fourth-order valence-electron chi connectivity index (χ4n) is 4.38. The van der Waals surface area contributed by atoms with Gasteiger partial charge in [0.1, 0.15) is 23.5 Å². The van der Waals surface area contributed by atoms with Crippen LogP contribution in [0.1, 0.15) is 23.2 Å². The number of nitrogens with one attached hydrogen (secondary N) is 1. The van der Waals surface area contributed by atoms with Crippen molar-refractivity contribution < 1.29 is 13.9 Å². The highest BCUT2D eigenvalue weighted by Gasteiger charge is 2.21. The number of rotatable bonds is 6. The molecule has 1 amide bonds. The van der Waals surface area contributed by atoms with Gasteiger partial charge in [-0.05, 0) is 66.7 Å². The number of pyridine rings is 1. The topological polar surface area (TPSA) is 106 Å². The summed E-state index contributed by atoms with van der Waals surface area (Å²) in [6, 6.07) is 25.0. The Labute approximate surface area is 214 Å². The van der Waals surface area contributed by atoms with Gasteiger partial charge in [-0.1, -0.05) is 18.2 Å². The third-order valence-electron chi connectivity index (χ3n) is 6.44. The molecule has 37 heavy (non-hydrogen) atoms. The van der Waals surface area contributed by atoms with E-state index in [0.29, 0.717) is 22.6 Å². The minimum Gasteiger partial charge on any atom is -0.490 e. The van der Waals surface area contributed by atoms with Gasteiger partial charge in [-0.3, -0.25) is 4.79 Å². The molecule has 1 aliphatic heterocycles. The Morgan fingerprint density at radius 1 is 0.946 bits per heavy atom. The molecule has 0 aliphatic carbocycles. The lowest BCUT2D eigenvalue weighted by Crippen LogP contribution is -2.38. The highest BCUT2D eigenvalue weighted by atomic mass is 19.1. The van der Waals surface area contributed by atoms with Crippen LogP contribution < -0.4 is 26.4 Å². The molecule has 5 N–H and O–H groups in total. The molecule has 7 nitrogen and oxygen atoms in total. The van der Waals surface area contributed by atoms with E-state index in [1.54, 1.807) is 18.2 Å². The van der Waals surface area contributed by atoms with Gasteiger partial charge in [0.15, 0.2) is 0 Å². The number of piperidine rings is 1. The summed E-state index contributed by atoms with van der Waals surface area (Å²) in [5.74, 6) is -0.0889. The molecule has 0 spiro atoms. The quantitative estimate of drug-likeness (QED) is 0.331. The first-order valence-corrected chi connectivity index (χ1v) is 12.2. The number of aromatic nitrogens is 1. The Balaban J connectivity index is 1.21. The number of nitrogens with two attached hydrogens (primary N) is 2. The predicted octanol–water partition coefficient (Wildman–Crippen LogP) is 5.35. The van der Waals surface area contributed by atoms with Crippen molar-refractivity contribution in [1.82, 2.24) is 4.98 Å². The number of anilines is 4. The van der Waals surface area contributed by atoms with Crippen LogP contribution >= 0.6 is 0 Å². The van der Waals surface area contributed by atoms with E-state index in [1.807, 2.05) is 54.6 Å². The normalized spacial score (nSPS) is 13.8. The number of ether oxygens (including phenoxy) is 1. The molecular weight excluding hydrogens is 469 g/mol. The second kappa shape index (κ2) is 10.6. The van der Waals surface area contributed by atoms with E-state index in [1.165, 1.54) is 12.1 Å². The molecule has 1 aromatic heterocycles. The van der Waals surface area contributed by atoms with Gasteiger partial charge in [0.05, 0.1) is 16.9 Å². The average molecular weight is 498 g/mol. The van der Waals surface area contributed by atoms with Crippen molar-refractivity contribution >= 4 is 28.8 Å². The molecule has 5 rings (SSSR count).